The van der Waals surface area contributed by atoms with Gasteiger partial charge < -0.3 is 12.3 Å². The Bertz CT molecular complexity index is 632. The van der Waals surface area contributed by atoms with Gasteiger partial charge in [0, 0.05) is 16.8 Å². The normalized spacial score (nSPS) is 9.60. The summed E-state index contributed by atoms with van der Waals surface area (Å²) in [4.78, 5) is 23.0. The van der Waals surface area contributed by atoms with Crippen LogP contribution < -0.4 is 35.3 Å². The van der Waals surface area contributed by atoms with E-state index in [1.807, 2.05) is 6.07 Å². The molecule has 0 saturated carbocycles. The average Bonchev–Trinajstić information content (AvgIpc) is 2.41. The number of carbonyl (C=O) groups excluding carboxylic acids is 1. The fourth-order valence-electron chi connectivity index (χ4n) is 1.87. The van der Waals surface area contributed by atoms with Crippen molar-refractivity contribution in [3.05, 3.63) is 65.2 Å². The van der Waals surface area contributed by atoms with E-state index in [0.717, 1.165) is 0 Å². The van der Waals surface area contributed by atoms with Gasteiger partial charge in [0.2, 0.25) is 0 Å². The second kappa shape index (κ2) is 7.24. The molecule has 0 amide bonds. The van der Waals surface area contributed by atoms with Gasteiger partial charge in [0.15, 0.2) is 5.78 Å². The zero-order chi connectivity index (χ0) is 13.8. The maximum absolute atomic E-state index is 12.3. The number of hydrogen-bond acceptors (Lipinski definition) is 3. The standard InChI is InChI=1S/C15H13NO3.Na.H/c16-14-11(9-13(17)18)7-4-8-12(14)15(19)10-5-2-1-3-6-10;;/h1-8H,9,16H2,(H,17,18);;/q;+1;-1. The molecule has 0 aromatic heterocycles. The number of nitrogen functional groups attached to an aromatic ring is 1. The molecule has 2 rings (SSSR count). The maximum Gasteiger partial charge on any atom is 1.00 e. The van der Waals surface area contributed by atoms with Crippen molar-refractivity contribution in [3.63, 3.8) is 0 Å². The fraction of sp³-hybridized carbons (Fsp3) is 0.0667. The fourth-order valence-corrected chi connectivity index (χ4v) is 1.87. The predicted octanol–water partition coefficient (Wildman–Crippen LogP) is -0.757. The number of carboxylic acid groups (broad SMARTS) is 1. The van der Waals surface area contributed by atoms with Gasteiger partial charge in [0.25, 0.3) is 0 Å². The van der Waals surface area contributed by atoms with Gasteiger partial charge in [0.1, 0.15) is 0 Å². The third-order valence-corrected chi connectivity index (χ3v) is 2.82. The summed E-state index contributed by atoms with van der Waals surface area (Å²) >= 11 is 0. The predicted molar refractivity (Wildman–Crippen MR) is 73.2 cm³/mol. The summed E-state index contributed by atoms with van der Waals surface area (Å²) in [5, 5.41) is 8.80. The van der Waals surface area contributed by atoms with Crippen LogP contribution in [0.5, 0.6) is 0 Å². The number of aliphatic carboxylic acids is 1. The van der Waals surface area contributed by atoms with Crippen LogP contribution in [0.3, 0.4) is 0 Å². The van der Waals surface area contributed by atoms with Crippen molar-refractivity contribution in [2.24, 2.45) is 0 Å². The number of ketones is 1. The molecule has 0 aliphatic rings. The third-order valence-electron chi connectivity index (χ3n) is 2.82. The van der Waals surface area contributed by atoms with Gasteiger partial charge in [-0.15, -0.1) is 0 Å². The maximum atomic E-state index is 12.3. The van der Waals surface area contributed by atoms with Crippen molar-refractivity contribution >= 4 is 17.4 Å². The SMILES string of the molecule is Nc1c(CC(=O)O)cccc1C(=O)c1ccccc1.[H-].[Na+]. The van der Waals surface area contributed by atoms with Crippen LogP contribution in [-0.2, 0) is 11.2 Å². The summed E-state index contributed by atoms with van der Waals surface area (Å²) in [6, 6.07) is 13.6. The first-order chi connectivity index (χ1) is 9.09. The Morgan fingerprint density at radius 3 is 2.30 bits per heavy atom. The molecule has 0 heterocycles. The van der Waals surface area contributed by atoms with E-state index in [0.29, 0.717) is 16.7 Å². The van der Waals surface area contributed by atoms with Crippen LogP contribution in [0, 0.1) is 0 Å². The number of rotatable bonds is 4. The largest absolute Gasteiger partial charge is 1.00 e. The molecule has 20 heavy (non-hydrogen) atoms. The monoisotopic (exact) mass is 279 g/mol. The summed E-state index contributed by atoms with van der Waals surface area (Å²) < 4.78 is 0. The van der Waals surface area contributed by atoms with E-state index in [-0.39, 0.29) is 48.9 Å². The number of hydrogen-bond donors (Lipinski definition) is 2. The quantitative estimate of drug-likeness (QED) is 0.438. The van der Waals surface area contributed by atoms with Crippen molar-refractivity contribution in [2.45, 2.75) is 6.42 Å². The molecule has 0 unspecified atom stereocenters. The summed E-state index contributed by atoms with van der Waals surface area (Å²) in [6.45, 7) is 0. The van der Waals surface area contributed by atoms with Crippen LogP contribution in [0.2, 0.25) is 0 Å². The van der Waals surface area contributed by atoms with E-state index in [1.165, 1.54) is 0 Å². The van der Waals surface area contributed by atoms with E-state index < -0.39 is 5.97 Å². The molecule has 3 N–H and O–H groups in total. The summed E-state index contributed by atoms with van der Waals surface area (Å²) in [6.07, 6.45) is -0.193. The van der Waals surface area contributed by atoms with Gasteiger partial charge in [-0.25, -0.2) is 0 Å². The molecular weight excluding hydrogens is 265 g/mol. The van der Waals surface area contributed by atoms with Crippen molar-refractivity contribution in [1.29, 1.82) is 0 Å². The van der Waals surface area contributed by atoms with E-state index >= 15 is 0 Å². The molecule has 5 heteroatoms. The van der Waals surface area contributed by atoms with Crippen LogP contribution in [0.4, 0.5) is 5.69 Å². The zero-order valence-corrected chi connectivity index (χ0v) is 13.2. The van der Waals surface area contributed by atoms with Gasteiger partial charge in [-0.1, -0.05) is 42.5 Å². The Kier molecular flexibility index (Phi) is 5.95. The minimum atomic E-state index is -0.976. The van der Waals surface area contributed by atoms with Crippen molar-refractivity contribution in [3.8, 4) is 0 Å². The van der Waals surface area contributed by atoms with Gasteiger partial charge in [0.05, 0.1) is 6.42 Å². The Balaban J connectivity index is 0.00000200. The topological polar surface area (TPSA) is 80.4 Å². The van der Waals surface area contributed by atoms with Crippen LogP contribution in [0.1, 0.15) is 22.9 Å². The number of nitrogens with two attached hydrogens (primary N) is 1. The summed E-state index contributed by atoms with van der Waals surface area (Å²) in [5.74, 6) is -1.18. The van der Waals surface area contributed by atoms with Crippen molar-refractivity contribution < 1.29 is 45.7 Å². The second-order valence-electron chi connectivity index (χ2n) is 4.14. The van der Waals surface area contributed by atoms with E-state index in [9.17, 15) is 9.59 Å². The molecule has 2 aromatic carbocycles. The number of carbonyl (C=O) groups is 2. The van der Waals surface area contributed by atoms with Crippen LogP contribution in [0.15, 0.2) is 48.5 Å². The van der Waals surface area contributed by atoms with Gasteiger partial charge in [-0.2, -0.15) is 0 Å². The third kappa shape index (κ3) is 3.70. The smallest absolute Gasteiger partial charge is 1.00 e. The molecule has 4 nitrogen and oxygen atoms in total. The molecule has 0 fully saturated rings. The van der Waals surface area contributed by atoms with Gasteiger partial charge >= 0.3 is 35.5 Å². The molecule has 0 bridgehead atoms. The minimum absolute atomic E-state index is 0. The Hall–Kier alpha value is -1.62. The molecular formula is C15H14NNaO3. The van der Waals surface area contributed by atoms with Crippen molar-refractivity contribution in [2.75, 3.05) is 5.73 Å². The molecule has 2 aromatic rings. The summed E-state index contributed by atoms with van der Waals surface area (Å²) in [5.41, 5.74) is 7.44. The number of carboxylic acids is 1. The van der Waals surface area contributed by atoms with E-state index in [4.69, 9.17) is 10.8 Å². The number of anilines is 1. The van der Waals surface area contributed by atoms with Crippen LogP contribution in [-0.4, -0.2) is 16.9 Å². The molecule has 0 atom stereocenters. The Morgan fingerprint density at radius 1 is 1.05 bits per heavy atom. The van der Waals surface area contributed by atoms with Gasteiger partial charge in [-0.3, -0.25) is 9.59 Å². The second-order valence-corrected chi connectivity index (χ2v) is 4.14. The molecule has 0 saturated heterocycles. The van der Waals surface area contributed by atoms with Crippen LogP contribution in [0.25, 0.3) is 0 Å². The van der Waals surface area contributed by atoms with Crippen LogP contribution >= 0.6 is 0 Å². The zero-order valence-electron chi connectivity index (χ0n) is 12.2. The van der Waals surface area contributed by atoms with E-state index in [2.05, 4.69) is 0 Å². The summed E-state index contributed by atoms with van der Waals surface area (Å²) in [7, 11) is 0. The molecule has 98 valence electrons. The number of benzene rings is 2. The van der Waals surface area contributed by atoms with E-state index in [1.54, 1.807) is 42.5 Å². The van der Waals surface area contributed by atoms with Crippen molar-refractivity contribution in [1.82, 2.24) is 0 Å². The molecule has 0 spiro atoms. The first-order valence-corrected chi connectivity index (χ1v) is 5.78. The Labute approximate surface area is 140 Å². The molecule has 0 aliphatic carbocycles. The minimum Gasteiger partial charge on any atom is -1.00 e. The number of para-hydroxylation sites is 1. The molecule has 0 radical (unpaired) electrons. The first kappa shape index (κ1) is 16.4. The molecule has 0 aliphatic heterocycles. The average molecular weight is 279 g/mol. The van der Waals surface area contributed by atoms with Gasteiger partial charge in [-0.05, 0) is 11.6 Å². The first-order valence-electron chi connectivity index (χ1n) is 5.78. The Morgan fingerprint density at radius 2 is 1.70 bits per heavy atom.